The third kappa shape index (κ3) is 5.86. The van der Waals surface area contributed by atoms with Gasteiger partial charge in [0, 0.05) is 6.04 Å². The third-order valence-corrected chi connectivity index (χ3v) is 5.19. The van der Waals surface area contributed by atoms with Crippen LogP contribution < -0.4 is 10.0 Å². The fourth-order valence-electron chi connectivity index (χ4n) is 2.31. The van der Waals surface area contributed by atoms with E-state index < -0.39 is 16.1 Å². The van der Waals surface area contributed by atoms with E-state index in [1.165, 1.54) is 0 Å². The summed E-state index contributed by atoms with van der Waals surface area (Å²) < 4.78 is 27.1. The lowest BCUT2D eigenvalue weighted by Gasteiger charge is -2.17. The molecule has 0 aromatic heterocycles. The van der Waals surface area contributed by atoms with Crippen LogP contribution in [-0.4, -0.2) is 26.6 Å². The maximum Gasteiger partial charge on any atom is 0.234 e. The van der Waals surface area contributed by atoms with E-state index in [1.807, 2.05) is 30.3 Å². The second-order valence-corrected chi connectivity index (χ2v) is 7.54. The molecule has 0 aliphatic rings. The van der Waals surface area contributed by atoms with Crippen molar-refractivity contribution >= 4 is 33.7 Å². The molecule has 0 saturated heterocycles. The third-order valence-electron chi connectivity index (χ3n) is 3.49. The van der Waals surface area contributed by atoms with Crippen molar-refractivity contribution in [1.82, 2.24) is 5.32 Å². The van der Waals surface area contributed by atoms with E-state index in [0.29, 0.717) is 30.0 Å². The second-order valence-electron chi connectivity index (χ2n) is 5.37. The highest BCUT2D eigenvalue weighted by Gasteiger charge is 2.19. The average molecular weight is 367 g/mol. The van der Waals surface area contributed by atoms with Crippen molar-refractivity contribution in [2.75, 3.05) is 10.5 Å². The zero-order valence-corrected chi connectivity index (χ0v) is 14.6. The minimum atomic E-state index is -3.64. The van der Waals surface area contributed by atoms with Gasteiger partial charge in [-0.2, -0.15) is 0 Å². The molecule has 2 rings (SSSR count). The molecule has 24 heavy (non-hydrogen) atoms. The maximum absolute atomic E-state index is 12.3. The summed E-state index contributed by atoms with van der Waals surface area (Å²) in [6.07, 6.45) is 1.72. The number of nitrogens with one attached hydrogen (secondary N) is 2. The summed E-state index contributed by atoms with van der Waals surface area (Å²) in [5.41, 5.74) is 1.42. The molecule has 0 spiro atoms. The molecule has 7 heteroatoms. The van der Waals surface area contributed by atoms with Gasteiger partial charge in [-0.3, -0.25) is 9.52 Å². The number of carbonyl (C=O) groups excluding carboxylic acids is 1. The number of carbonyl (C=O) groups is 1. The highest BCUT2D eigenvalue weighted by Crippen LogP contribution is 2.22. The Balaban J connectivity index is 2.00. The molecule has 128 valence electrons. The van der Waals surface area contributed by atoms with Gasteiger partial charge in [0.25, 0.3) is 0 Å². The minimum Gasteiger partial charge on any atom is -0.355 e. The van der Waals surface area contributed by atoms with Crippen LogP contribution in [0.1, 0.15) is 12.0 Å². The normalized spacial score (nSPS) is 12.4. The van der Waals surface area contributed by atoms with Crippen molar-refractivity contribution in [1.29, 1.82) is 0 Å². The quantitative estimate of drug-likeness (QED) is 0.670. The standard InChI is InChI=1S/C17H19ClN2O3S/c18-16-8-4-5-9-17(16)20-24(22,23)12-15(19-13-21)11-10-14-6-2-1-3-7-14/h1-9,13,15,20H,10-12H2,(H,19,21)/t15-/m0/s1. The van der Waals surface area contributed by atoms with Gasteiger partial charge in [-0.15, -0.1) is 0 Å². The number of hydrogen-bond acceptors (Lipinski definition) is 3. The van der Waals surface area contributed by atoms with Crippen LogP contribution in [0, 0.1) is 0 Å². The number of hydrogen-bond donors (Lipinski definition) is 2. The van der Waals surface area contributed by atoms with E-state index in [1.54, 1.807) is 24.3 Å². The van der Waals surface area contributed by atoms with Crippen molar-refractivity contribution in [3.05, 3.63) is 65.2 Å². The van der Waals surface area contributed by atoms with Gasteiger partial charge in [-0.25, -0.2) is 8.42 Å². The molecule has 0 bridgehead atoms. The monoisotopic (exact) mass is 366 g/mol. The Morgan fingerprint density at radius 3 is 2.38 bits per heavy atom. The Hall–Kier alpha value is -2.05. The molecule has 0 fully saturated rings. The fourth-order valence-corrected chi connectivity index (χ4v) is 3.94. The van der Waals surface area contributed by atoms with Gasteiger partial charge < -0.3 is 5.32 Å². The van der Waals surface area contributed by atoms with Crippen LogP contribution in [0.5, 0.6) is 0 Å². The maximum atomic E-state index is 12.3. The van der Waals surface area contributed by atoms with Crippen molar-refractivity contribution in [3.8, 4) is 0 Å². The summed E-state index contributed by atoms with van der Waals surface area (Å²) in [4.78, 5) is 10.8. The fraction of sp³-hybridized carbons (Fsp3) is 0.235. The number of anilines is 1. The lowest BCUT2D eigenvalue weighted by atomic mass is 10.1. The predicted octanol–water partition coefficient (Wildman–Crippen LogP) is 2.83. The van der Waals surface area contributed by atoms with Gasteiger partial charge >= 0.3 is 0 Å². The molecule has 0 aliphatic carbocycles. The molecular formula is C17H19ClN2O3S. The van der Waals surface area contributed by atoms with Crippen LogP contribution in [0.3, 0.4) is 0 Å². The molecule has 0 radical (unpaired) electrons. The highest BCUT2D eigenvalue weighted by atomic mass is 35.5. The SMILES string of the molecule is O=CN[C@@H](CCc1ccccc1)CS(=O)(=O)Nc1ccccc1Cl. The summed E-state index contributed by atoms with van der Waals surface area (Å²) in [5.74, 6) is -0.218. The largest absolute Gasteiger partial charge is 0.355 e. The van der Waals surface area contributed by atoms with Gasteiger partial charge in [0.05, 0.1) is 16.5 Å². The second kappa shape index (κ2) is 8.70. The Bertz CT molecular complexity index is 766. The minimum absolute atomic E-state index is 0.218. The first-order valence-electron chi connectivity index (χ1n) is 7.49. The molecule has 0 saturated carbocycles. The summed E-state index contributed by atoms with van der Waals surface area (Å²) >= 11 is 5.97. The number of aryl methyl sites for hydroxylation is 1. The van der Waals surface area contributed by atoms with Crippen molar-refractivity contribution in [2.45, 2.75) is 18.9 Å². The first-order chi connectivity index (χ1) is 11.5. The van der Waals surface area contributed by atoms with E-state index >= 15 is 0 Å². The van der Waals surface area contributed by atoms with Gasteiger partial charge in [-0.05, 0) is 30.5 Å². The Morgan fingerprint density at radius 2 is 1.71 bits per heavy atom. The lowest BCUT2D eigenvalue weighted by Crippen LogP contribution is -2.37. The smallest absolute Gasteiger partial charge is 0.234 e. The first kappa shape index (κ1) is 18.3. The van der Waals surface area contributed by atoms with Gasteiger partial charge in [0.15, 0.2) is 0 Å². The van der Waals surface area contributed by atoms with Gasteiger partial charge in [0.1, 0.15) is 0 Å². The molecule has 2 N–H and O–H groups in total. The Labute approximate surface area is 147 Å². The topological polar surface area (TPSA) is 75.3 Å². The summed E-state index contributed by atoms with van der Waals surface area (Å²) in [5, 5.41) is 2.90. The zero-order chi connectivity index (χ0) is 17.4. The average Bonchev–Trinajstić information content (AvgIpc) is 2.55. The molecule has 5 nitrogen and oxygen atoms in total. The van der Waals surface area contributed by atoms with Gasteiger partial charge in [-0.1, -0.05) is 54.1 Å². The molecule has 2 aromatic rings. The number of benzene rings is 2. The molecular weight excluding hydrogens is 348 g/mol. The van der Waals surface area contributed by atoms with Gasteiger partial charge in [0.2, 0.25) is 16.4 Å². The van der Waals surface area contributed by atoms with E-state index in [2.05, 4.69) is 10.0 Å². The number of amides is 1. The number of sulfonamides is 1. The summed E-state index contributed by atoms with van der Waals surface area (Å²) in [6, 6.07) is 15.8. The van der Waals surface area contributed by atoms with Crippen molar-refractivity contribution < 1.29 is 13.2 Å². The zero-order valence-electron chi connectivity index (χ0n) is 13.0. The van der Waals surface area contributed by atoms with Crippen molar-refractivity contribution in [3.63, 3.8) is 0 Å². The summed E-state index contributed by atoms with van der Waals surface area (Å²) in [7, 11) is -3.64. The summed E-state index contributed by atoms with van der Waals surface area (Å²) in [6.45, 7) is 0. The molecule has 0 heterocycles. The number of rotatable bonds is 9. The van der Waals surface area contributed by atoms with Crippen molar-refractivity contribution in [2.24, 2.45) is 0 Å². The Kier molecular flexibility index (Phi) is 6.63. The predicted molar refractivity (Wildman–Crippen MR) is 96.6 cm³/mol. The van der Waals surface area contributed by atoms with Crippen LogP contribution in [0.25, 0.3) is 0 Å². The van der Waals surface area contributed by atoms with Crippen LogP contribution in [-0.2, 0) is 21.2 Å². The number of halogens is 1. The molecule has 0 unspecified atom stereocenters. The van der Waals surface area contributed by atoms with Crippen LogP contribution in [0.4, 0.5) is 5.69 Å². The van der Waals surface area contributed by atoms with Crippen LogP contribution in [0.15, 0.2) is 54.6 Å². The van der Waals surface area contributed by atoms with E-state index in [-0.39, 0.29) is 5.75 Å². The molecule has 1 atom stereocenters. The lowest BCUT2D eigenvalue weighted by molar-refractivity contribution is -0.110. The molecule has 0 aliphatic heterocycles. The highest BCUT2D eigenvalue weighted by molar-refractivity contribution is 7.92. The first-order valence-corrected chi connectivity index (χ1v) is 9.52. The Morgan fingerprint density at radius 1 is 1.04 bits per heavy atom. The van der Waals surface area contributed by atoms with E-state index in [9.17, 15) is 13.2 Å². The van der Waals surface area contributed by atoms with Crippen LogP contribution in [0.2, 0.25) is 5.02 Å². The number of para-hydroxylation sites is 1. The molecule has 2 aromatic carbocycles. The van der Waals surface area contributed by atoms with E-state index in [4.69, 9.17) is 11.6 Å². The van der Waals surface area contributed by atoms with E-state index in [0.717, 1.165) is 5.56 Å². The van der Waals surface area contributed by atoms with Crippen LogP contribution >= 0.6 is 11.6 Å². The molecule has 1 amide bonds.